The molecule has 1 aromatic rings. The number of carbonyl (C=O) groups is 2. The van der Waals surface area contributed by atoms with E-state index in [1.54, 1.807) is 20.8 Å². The van der Waals surface area contributed by atoms with E-state index in [1.807, 2.05) is 0 Å². The van der Waals surface area contributed by atoms with Crippen molar-refractivity contribution < 1.29 is 28.2 Å². The molecule has 0 aliphatic carbocycles. The zero-order valence-corrected chi connectivity index (χ0v) is 13.2. The van der Waals surface area contributed by atoms with Crippen molar-refractivity contribution in [3.63, 3.8) is 0 Å². The number of halogens is 2. The van der Waals surface area contributed by atoms with E-state index < -0.39 is 35.4 Å². The summed E-state index contributed by atoms with van der Waals surface area (Å²) in [7, 11) is 0. The highest BCUT2D eigenvalue weighted by atomic mass is 19.2. The topological polar surface area (TPSA) is 66.8 Å². The standard InChI is InChI=1S/C16H19F2NO4/c1-16(2,3)19(15(21)22)12-7-9(20)8-23-14(12)10-5-4-6-11(17)13(10)18/h4-6,12,14H,7-8H2,1-3H3,(H,21,22)/t12-,14+/m0/s1. The van der Waals surface area contributed by atoms with Gasteiger partial charge in [-0.25, -0.2) is 13.6 Å². The summed E-state index contributed by atoms with van der Waals surface area (Å²) in [5.74, 6) is -2.41. The number of ketones is 1. The Balaban J connectivity index is 2.49. The maximum absolute atomic E-state index is 14.1. The van der Waals surface area contributed by atoms with Gasteiger partial charge in [0.2, 0.25) is 0 Å². The Labute approximate surface area is 132 Å². The predicted molar refractivity (Wildman–Crippen MR) is 78.1 cm³/mol. The normalized spacial score (nSPS) is 22.0. The Bertz CT molecular complexity index is 627. The third-order valence-electron chi connectivity index (χ3n) is 3.76. The fourth-order valence-electron chi connectivity index (χ4n) is 2.88. The highest BCUT2D eigenvalue weighted by Gasteiger charge is 2.43. The maximum atomic E-state index is 14.1. The molecule has 0 bridgehead atoms. The summed E-state index contributed by atoms with van der Waals surface area (Å²) in [6.07, 6.45) is -2.40. The molecule has 1 fully saturated rings. The molecule has 0 aromatic heterocycles. The van der Waals surface area contributed by atoms with Crippen molar-refractivity contribution >= 4 is 11.9 Å². The van der Waals surface area contributed by atoms with Crippen LogP contribution in [-0.2, 0) is 9.53 Å². The molecule has 5 nitrogen and oxygen atoms in total. The third-order valence-corrected chi connectivity index (χ3v) is 3.76. The van der Waals surface area contributed by atoms with Gasteiger partial charge >= 0.3 is 6.09 Å². The Hall–Kier alpha value is -2.02. The molecule has 0 saturated carbocycles. The van der Waals surface area contributed by atoms with Crippen LogP contribution in [0.2, 0.25) is 0 Å². The minimum Gasteiger partial charge on any atom is -0.465 e. The van der Waals surface area contributed by atoms with Crippen LogP contribution in [-0.4, -0.2) is 40.1 Å². The highest BCUT2D eigenvalue weighted by molar-refractivity contribution is 5.82. The van der Waals surface area contributed by atoms with Crippen molar-refractivity contribution in [1.29, 1.82) is 0 Å². The van der Waals surface area contributed by atoms with Gasteiger partial charge in [0.15, 0.2) is 17.4 Å². The molecule has 0 radical (unpaired) electrons. The molecule has 7 heteroatoms. The number of carbonyl (C=O) groups excluding carboxylic acids is 1. The second-order valence-corrected chi connectivity index (χ2v) is 6.51. The fourth-order valence-corrected chi connectivity index (χ4v) is 2.88. The molecule has 1 saturated heterocycles. The third kappa shape index (κ3) is 3.50. The first-order valence-corrected chi connectivity index (χ1v) is 7.22. The summed E-state index contributed by atoms with van der Waals surface area (Å²) in [5.41, 5.74) is -0.919. The average Bonchev–Trinajstić information content (AvgIpc) is 2.41. The van der Waals surface area contributed by atoms with E-state index in [1.165, 1.54) is 12.1 Å². The number of nitrogens with zero attached hydrogens (tertiary/aromatic N) is 1. The van der Waals surface area contributed by atoms with Crippen LogP contribution in [0.15, 0.2) is 18.2 Å². The lowest BCUT2D eigenvalue weighted by molar-refractivity contribution is -0.140. The number of hydrogen-bond donors (Lipinski definition) is 1. The van der Waals surface area contributed by atoms with Gasteiger partial charge in [-0.1, -0.05) is 12.1 Å². The van der Waals surface area contributed by atoms with Crippen molar-refractivity contribution in [3.8, 4) is 0 Å². The number of Topliss-reactive ketones (excluding diaryl/α,β-unsaturated/α-hetero) is 1. The summed E-state index contributed by atoms with van der Waals surface area (Å²) >= 11 is 0. The molecular weight excluding hydrogens is 308 g/mol. The molecule has 0 unspecified atom stereocenters. The van der Waals surface area contributed by atoms with E-state index in [-0.39, 0.29) is 24.4 Å². The van der Waals surface area contributed by atoms with Gasteiger partial charge in [0.25, 0.3) is 0 Å². The van der Waals surface area contributed by atoms with E-state index in [4.69, 9.17) is 4.74 Å². The monoisotopic (exact) mass is 327 g/mol. The van der Waals surface area contributed by atoms with Crippen molar-refractivity contribution in [2.45, 2.75) is 44.9 Å². The van der Waals surface area contributed by atoms with Gasteiger partial charge in [-0.2, -0.15) is 0 Å². The second kappa shape index (κ2) is 6.23. The Morgan fingerprint density at radius 1 is 1.35 bits per heavy atom. The van der Waals surface area contributed by atoms with Crippen LogP contribution >= 0.6 is 0 Å². The van der Waals surface area contributed by atoms with Crippen LogP contribution < -0.4 is 0 Å². The molecule has 1 aliphatic heterocycles. The Morgan fingerprint density at radius 3 is 2.57 bits per heavy atom. The summed E-state index contributed by atoms with van der Waals surface area (Å²) < 4.78 is 33.0. The first-order chi connectivity index (χ1) is 10.6. The van der Waals surface area contributed by atoms with Gasteiger partial charge < -0.3 is 9.84 Å². The maximum Gasteiger partial charge on any atom is 0.408 e. The SMILES string of the molecule is CC(C)(C)N(C(=O)O)[C@H]1CC(=O)CO[C@@H]1c1cccc(F)c1F. The van der Waals surface area contributed by atoms with Crippen molar-refractivity contribution in [1.82, 2.24) is 4.90 Å². The average molecular weight is 327 g/mol. The minimum absolute atomic E-state index is 0.0852. The largest absolute Gasteiger partial charge is 0.465 e. The molecule has 0 spiro atoms. The van der Waals surface area contributed by atoms with Crippen molar-refractivity contribution in [2.75, 3.05) is 6.61 Å². The Morgan fingerprint density at radius 2 is 2.00 bits per heavy atom. The summed E-state index contributed by atoms with van der Waals surface area (Å²) in [6, 6.07) is 2.71. The van der Waals surface area contributed by atoms with Gasteiger partial charge in [-0.15, -0.1) is 0 Å². The smallest absolute Gasteiger partial charge is 0.408 e. The number of benzene rings is 1. The van der Waals surface area contributed by atoms with E-state index in [9.17, 15) is 23.5 Å². The summed E-state index contributed by atoms with van der Waals surface area (Å²) in [4.78, 5) is 24.5. The fraction of sp³-hybridized carbons (Fsp3) is 0.500. The zero-order valence-electron chi connectivity index (χ0n) is 13.2. The summed E-state index contributed by atoms with van der Waals surface area (Å²) in [6.45, 7) is 4.74. The molecule has 1 heterocycles. The van der Waals surface area contributed by atoms with Gasteiger partial charge in [-0.05, 0) is 26.8 Å². The quantitative estimate of drug-likeness (QED) is 0.906. The van der Waals surface area contributed by atoms with E-state index in [0.717, 1.165) is 11.0 Å². The predicted octanol–water partition coefficient (Wildman–Crippen LogP) is 3.14. The van der Waals surface area contributed by atoms with Crippen LogP contribution in [0.25, 0.3) is 0 Å². The number of rotatable bonds is 2. The lowest BCUT2D eigenvalue weighted by atomic mass is 9.90. The van der Waals surface area contributed by atoms with Crippen molar-refractivity contribution in [3.05, 3.63) is 35.4 Å². The molecule has 2 rings (SSSR count). The van der Waals surface area contributed by atoms with Gasteiger partial charge in [0.05, 0.1) is 6.04 Å². The number of ether oxygens (including phenoxy) is 1. The van der Waals surface area contributed by atoms with Gasteiger partial charge in [0, 0.05) is 17.5 Å². The second-order valence-electron chi connectivity index (χ2n) is 6.51. The number of carboxylic acid groups (broad SMARTS) is 1. The van der Waals surface area contributed by atoms with E-state index in [0.29, 0.717) is 0 Å². The molecule has 1 N–H and O–H groups in total. The van der Waals surface area contributed by atoms with Crippen LogP contribution in [0.3, 0.4) is 0 Å². The molecule has 1 aliphatic rings. The van der Waals surface area contributed by atoms with Gasteiger partial charge in [-0.3, -0.25) is 9.69 Å². The van der Waals surface area contributed by atoms with E-state index in [2.05, 4.69) is 0 Å². The minimum atomic E-state index is -1.25. The lowest BCUT2D eigenvalue weighted by Gasteiger charge is -2.44. The number of amides is 1. The highest BCUT2D eigenvalue weighted by Crippen LogP contribution is 2.36. The molecule has 1 aromatic carbocycles. The van der Waals surface area contributed by atoms with E-state index >= 15 is 0 Å². The molecule has 23 heavy (non-hydrogen) atoms. The first kappa shape index (κ1) is 17.3. The Kier molecular flexibility index (Phi) is 4.70. The molecular formula is C16H19F2NO4. The number of hydrogen-bond acceptors (Lipinski definition) is 3. The van der Waals surface area contributed by atoms with Crippen LogP contribution in [0.4, 0.5) is 13.6 Å². The van der Waals surface area contributed by atoms with Crippen molar-refractivity contribution in [2.24, 2.45) is 0 Å². The molecule has 126 valence electrons. The zero-order chi connectivity index (χ0) is 17.4. The van der Waals surface area contributed by atoms with Crippen LogP contribution in [0, 0.1) is 11.6 Å². The molecule has 2 atom stereocenters. The van der Waals surface area contributed by atoms with Crippen LogP contribution in [0.1, 0.15) is 38.9 Å². The van der Waals surface area contributed by atoms with Crippen LogP contribution in [0.5, 0.6) is 0 Å². The molecule has 1 amide bonds. The summed E-state index contributed by atoms with van der Waals surface area (Å²) in [5, 5.41) is 9.53. The lowest BCUT2D eigenvalue weighted by Crippen LogP contribution is -2.56. The van der Waals surface area contributed by atoms with Gasteiger partial charge in [0.1, 0.15) is 12.7 Å². The first-order valence-electron chi connectivity index (χ1n) is 7.22.